The Morgan fingerprint density at radius 3 is 2.62 bits per heavy atom. The van der Waals surface area contributed by atoms with E-state index in [1.165, 1.54) is 12.1 Å². The highest BCUT2D eigenvalue weighted by atomic mass is 19.3. The first-order chi connectivity index (χ1) is 6.22. The molecule has 0 fully saturated rings. The maximum atomic E-state index is 11.8. The predicted octanol–water partition coefficient (Wildman–Crippen LogP) is 2.69. The Hall–Kier alpha value is -1.32. The lowest BCUT2D eigenvalue weighted by Crippen LogP contribution is -2.02. The fraction of sp³-hybridized carbons (Fsp3) is 0.333. The number of hydrogen-bond donors (Lipinski definition) is 0. The first kappa shape index (κ1) is 9.77. The molecule has 72 valence electrons. The van der Waals surface area contributed by atoms with Crippen LogP contribution >= 0.6 is 0 Å². The zero-order valence-electron chi connectivity index (χ0n) is 7.17. The second-order valence-electron chi connectivity index (χ2n) is 2.29. The Balaban J connectivity index is 2.67. The molecule has 0 aromatic heterocycles. The number of hydrogen-bond acceptors (Lipinski definition) is 2. The lowest BCUT2D eigenvalue weighted by molar-refractivity contribution is -0.0499. The van der Waals surface area contributed by atoms with Crippen LogP contribution in [0.5, 0.6) is 11.5 Å². The van der Waals surface area contributed by atoms with Gasteiger partial charge in [0.25, 0.3) is 0 Å². The zero-order chi connectivity index (χ0) is 9.68. The summed E-state index contributed by atoms with van der Waals surface area (Å²) in [5, 5.41) is 0. The molecule has 0 aliphatic carbocycles. The highest BCUT2D eigenvalue weighted by Gasteiger charge is 2.04. The number of halogens is 2. The molecule has 4 heteroatoms. The monoisotopic (exact) mass is 188 g/mol. The second-order valence-corrected chi connectivity index (χ2v) is 2.29. The van der Waals surface area contributed by atoms with E-state index in [1.54, 1.807) is 12.1 Å². The third kappa shape index (κ3) is 3.27. The van der Waals surface area contributed by atoms with Gasteiger partial charge in [-0.1, -0.05) is 6.07 Å². The SMILES string of the molecule is CCOc1cccc(OC(F)F)c1. The molecule has 0 aliphatic rings. The summed E-state index contributed by atoms with van der Waals surface area (Å²) in [4.78, 5) is 0. The van der Waals surface area contributed by atoms with Gasteiger partial charge in [-0.2, -0.15) is 8.78 Å². The van der Waals surface area contributed by atoms with Crippen LogP contribution in [0.3, 0.4) is 0 Å². The van der Waals surface area contributed by atoms with Gasteiger partial charge in [0.1, 0.15) is 11.5 Å². The number of benzene rings is 1. The van der Waals surface area contributed by atoms with Crippen molar-refractivity contribution in [2.75, 3.05) is 6.61 Å². The standard InChI is InChI=1S/C9H10F2O2/c1-2-12-7-4-3-5-8(6-7)13-9(10)11/h3-6,9H,2H2,1H3. The molecule has 0 spiro atoms. The summed E-state index contributed by atoms with van der Waals surface area (Å²) >= 11 is 0. The van der Waals surface area contributed by atoms with Crippen LogP contribution < -0.4 is 9.47 Å². The molecule has 0 saturated carbocycles. The molecular formula is C9H10F2O2. The van der Waals surface area contributed by atoms with Crippen molar-refractivity contribution in [3.8, 4) is 11.5 Å². The van der Waals surface area contributed by atoms with E-state index < -0.39 is 6.61 Å². The van der Waals surface area contributed by atoms with Crippen molar-refractivity contribution < 1.29 is 18.3 Å². The lowest BCUT2D eigenvalue weighted by Gasteiger charge is -2.06. The van der Waals surface area contributed by atoms with Crippen LogP contribution in [0.1, 0.15) is 6.92 Å². The average Bonchev–Trinajstić information content (AvgIpc) is 2.04. The Morgan fingerprint density at radius 2 is 2.00 bits per heavy atom. The molecular weight excluding hydrogens is 178 g/mol. The summed E-state index contributed by atoms with van der Waals surface area (Å²) in [6.45, 7) is -0.476. The van der Waals surface area contributed by atoms with Crippen molar-refractivity contribution in [1.29, 1.82) is 0 Å². The Labute approximate surface area is 75.1 Å². The van der Waals surface area contributed by atoms with E-state index in [4.69, 9.17) is 4.74 Å². The fourth-order valence-electron chi connectivity index (χ4n) is 0.907. The number of ether oxygens (including phenoxy) is 2. The summed E-state index contributed by atoms with van der Waals surface area (Å²) in [6.07, 6.45) is 0. The molecule has 0 radical (unpaired) electrons. The van der Waals surface area contributed by atoms with Gasteiger partial charge in [-0.05, 0) is 19.1 Å². The molecule has 1 aromatic carbocycles. The van der Waals surface area contributed by atoms with Gasteiger partial charge in [0.2, 0.25) is 0 Å². The maximum Gasteiger partial charge on any atom is 0.387 e. The predicted molar refractivity (Wildman–Crippen MR) is 44.2 cm³/mol. The molecule has 1 aromatic rings. The van der Waals surface area contributed by atoms with Gasteiger partial charge in [0.15, 0.2) is 0 Å². The van der Waals surface area contributed by atoms with Crippen LogP contribution in [0.15, 0.2) is 24.3 Å². The third-order valence-corrected chi connectivity index (χ3v) is 1.34. The highest BCUT2D eigenvalue weighted by molar-refractivity contribution is 5.32. The van der Waals surface area contributed by atoms with Crippen molar-refractivity contribution in [2.45, 2.75) is 13.5 Å². The van der Waals surface area contributed by atoms with Crippen LogP contribution in [0.25, 0.3) is 0 Å². The van der Waals surface area contributed by atoms with E-state index in [-0.39, 0.29) is 5.75 Å². The van der Waals surface area contributed by atoms with Crippen LogP contribution in [0.2, 0.25) is 0 Å². The number of rotatable bonds is 4. The van der Waals surface area contributed by atoms with E-state index in [9.17, 15) is 8.78 Å². The Morgan fingerprint density at radius 1 is 1.31 bits per heavy atom. The Bertz CT molecular complexity index is 264. The fourth-order valence-corrected chi connectivity index (χ4v) is 0.907. The van der Waals surface area contributed by atoms with Gasteiger partial charge in [-0.25, -0.2) is 0 Å². The molecule has 0 amide bonds. The summed E-state index contributed by atoms with van der Waals surface area (Å²) in [6, 6.07) is 6.16. The van der Waals surface area contributed by atoms with E-state index in [2.05, 4.69) is 4.74 Å². The molecule has 0 saturated heterocycles. The van der Waals surface area contributed by atoms with Gasteiger partial charge >= 0.3 is 6.61 Å². The topological polar surface area (TPSA) is 18.5 Å². The summed E-state index contributed by atoms with van der Waals surface area (Å²) < 4.78 is 32.8. The largest absolute Gasteiger partial charge is 0.494 e. The van der Waals surface area contributed by atoms with Crippen molar-refractivity contribution in [2.24, 2.45) is 0 Å². The van der Waals surface area contributed by atoms with E-state index in [0.29, 0.717) is 12.4 Å². The van der Waals surface area contributed by atoms with Crippen LogP contribution in [-0.2, 0) is 0 Å². The molecule has 0 unspecified atom stereocenters. The minimum Gasteiger partial charge on any atom is -0.494 e. The van der Waals surface area contributed by atoms with E-state index >= 15 is 0 Å². The molecule has 13 heavy (non-hydrogen) atoms. The molecule has 0 aliphatic heterocycles. The smallest absolute Gasteiger partial charge is 0.387 e. The van der Waals surface area contributed by atoms with Gasteiger partial charge in [-0.3, -0.25) is 0 Å². The lowest BCUT2D eigenvalue weighted by atomic mass is 10.3. The van der Waals surface area contributed by atoms with Crippen LogP contribution in [-0.4, -0.2) is 13.2 Å². The third-order valence-electron chi connectivity index (χ3n) is 1.34. The zero-order valence-corrected chi connectivity index (χ0v) is 7.17. The van der Waals surface area contributed by atoms with E-state index in [0.717, 1.165) is 0 Å². The van der Waals surface area contributed by atoms with Crippen molar-refractivity contribution >= 4 is 0 Å². The van der Waals surface area contributed by atoms with Gasteiger partial charge in [-0.15, -0.1) is 0 Å². The quantitative estimate of drug-likeness (QED) is 0.723. The summed E-state index contributed by atoms with van der Waals surface area (Å²) in [5.74, 6) is 0.640. The van der Waals surface area contributed by atoms with Crippen molar-refractivity contribution in [3.05, 3.63) is 24.3 Å². The minimum atomic E-state index is -2.79. The van der Waals surface area contributed by atoms with E-state index in [1.807, 2.05) is 6.92 Å². The second kappa shape index (κ2) is 4.64. The molecule has 0 N–H and O–H groups in total. The van der Waals surface area contributed by atoms with Crippen molar-refractivity contribution in [1.82, 2.24) is 0 Å². The average molecular weight is 188 g/mol. The Kier molecular flexibility index (Phi) is 3.49. The normalized spacial score (nSPS) is 10.2. The molecule has 1 rings (SSSR count). The highest BCUT2D eigenvalue weighted by Crippen LogP contribution is 2.20. The van der Waals surface area contributed by atoms with Gasteiger partial charge in [0.05, 0.1) is 6.61 Å². The molecule has 0 heterocycles. The summed E-state index contributed by atoms with van der Waals surface area (Å²) in [7, 11) is 0. The van der Waals surface area contributed by atoms with Crippen LogP contribution in [0, 0.1) is 0 Å². The molecule has 0 atom stereocenters. The van der Waals surface area contributed by atoms with Gasteiger partial charge in [0, 0.05) is 6.07 Å². The first-order valence-electron chi connectivity index (χ1n) is 3.90. The number of alkyl halides is 2. The molecule has 0 bridgehead atoms. The maximum absolute atomic E-state index is 11.8. The van der Waals surface area contributed by atoms with Crippen molar-refractivity contribution in [3.63, 3.8) is 0 Å². The summed E-state index contributed by atoms with van der Waals surface area (Å²) in [5.41, 5.74) is 0. The minimum absolute atomic E-state index is 0.112. The van der Waals surface area contributed by atoms with Crippen LogP contribution in [0.4, 0.5) is 8.78 Å². The van der Waals surface area contributed by atoms with Gasteiger partial charge < -0.3 is 9.47 Å². The first-order valence-corrected chi connectivity index (χ1v) is 3.90. The molecule has 2 nitrogen and oxygen atoms in total.